The molecule has 8 heteroatoms. The van der Waals surface area contributed by atoms with Crippen molar-refractivity contribution in [3.63, 3.8) is 0 Å². The molecule has 6 nitrogen and oxygen atoms in total. The highest BCUT2D eigenvalue weighted by atomic mass is 32.1. The third-order valence-electron chi connectivity index (χ3n) is 8.32. The van der Waals surface area contributed by atoms with Crippen LogP contribution in [0.3, 0.4) is 0 Å². The average molecular weight is 547 g/mol. The molecule has 1 aliphatic rings. The number of aromatic nitrogens is 2. The summed E-state index contributed by atoms with van der Waals surface area (Å²) in [5.74, 6) is -0.672. The average Bonchev–Trinajstić information content (AvgIpc) is 3.37. The second-order valence-electron chi connectivity index (χ2n) is 10.5. The lowest BCUT2D eigenvalue weighted by molar-refractivity contribution is 0.0357. The van der Waals surface area contributed by atoms with Crippen LogP contribution >= 0.6 is 11.3 Å². The lowest BCUT2D eigenvalue weighted by Crippen LogP contribution is -2.35. The number of para-hydroxylation sites is 1. The number of aryl methyl sites for hydroxylation is 3. The molecule has 2 unspecified atom stereocenters. The van der Waals surface area contributed by atoms with Crippen molar-refractivity contribution in [2.45, 2.75) is 58.7 Å². The van der Waals surface area contributed by atoms with Gasteiger partial charge in [-0.05, 0) is 63.4 Å². The number of hydrogen-bond donors (Lipinski definition) is 1. The molecule has 2 aromatic heterocycles. The molecular formula is C31H35FN4O2S. The van der Waals surface area contributed by atoms with Crippen molar-refractivity contribution < 1.29 is 9.50 Å². The minimum Gasteiger partial charge on any atom is -0.504 e. The highest BCUT2D eigenvalue weighted by Gasteiger charge is 2.41. The molecule has 0 aliphatic carbocycles. The number of aromatic hydroxyl groups is 1. The number of benzene rings is 2. The van der Waals surface area contributed by atoms with Gasteiger partial charge in [-0.3, -0.25) is 9.36 Å². The third kappa shape index (κ3) is 4.81. The Morgan fingerprint density at radius 1 is 1.00 bits per heavy atom. The minimum absolute atomic E-state index is 0.188. The zero-order valence-corrected chi connectivity index (χ0v) is 24.1. The van der Waals surface area contributed by atoms with E-state index in [4.69, 9.17) is 4.98 Å². The molecule has 3 heterocycles. The number of rotatable bonds is 6. The maximum absolute atomic E-state index is 14.3. The van der Waals surface area contributed by atoms with Crippen LogP contribution in [-0.4, -0.2) is 50.9 Å². The van der Waals surface area contributed by atoms with E-state index >= 15 is 0 Å². The van der Waals surface area contributed by atoms with Crippen molar-refractivity contribution >= 4 is 11.3 Å². The van der Waals surface area contributed by atoms with E-state index in [1.54, 1.807) is 22.0 Å². The number of hydrazine groups is 1. The predicted octanol–water partition coefficient (Wildman–Crippen LogP) is 6.00. The van der Waals surface area contributed by atoms with Gasteiger partial charge in [-0.25, -0.2) is 19.4 Å². The van der Waals surface area contributed by atoms with Crippen molar-refractivity contribution in [1.82, 2.24) is 19.6 Å². The van der Waals surface area contributed by atoms with Crippen molar-refractivity contribution in [3.8, 4) is 27.6 Å². The van der Waals surface area contributed by atoms with Gasteiger partial charge in [0.2, 0.25) is 0 Å². The summed E-state index contributed by atoms with van der Waals surface area (Å²) in [5.41, 5.74) is 3.47. The molecule has 204 valence electrons. The fourth-order valence-corrected chi connectivity index (χ4v) is 7.02. The standard InChI is InChI=1S/C31H35FN4O2S/c1-18-27(26-17-24(21(4)39-26)28-19(2)34(5)35(6)20(28)3)31(38)36(16-15-22-11-8-7-9-12-22)30(33-18)23-13-10-14-25(32)29(23)37/h7-14,17,19-20,28,37H,15-16H2,1-6H3. The zero-order valence-electron chi connectivity index (χ0n) is 23.3. The highest BCUT2D eigenvalue weighted by Crippen LogP contribution is 2.42. The van der Waals surface area contributed by atoms with Crippen LogP contribution < -0.4 is 5.56 Å². The summed E-state index contributed by atoms with van der Waals surface area (Å²) >= 11 is 1.62. The molecule has 39 heavy (non-hydrogen) atoms. The van der Waals surface area contributed by atoms with Gasteiger partial charge < -0.3 is 5.11 Å². The van der Waals surface area contributed by atoms with E-state index in [1.807, 2.05) is 37.3 Å². The normalized spacial score (nSPS) is 20.1. The summed E-state index contributed by atoms with van der Waals surface area (Å²) in [6.07, 6.45) is 0.596. The molecular weight excluding hydrogens is 511 g/mol. The van der Waals surface area contributed by atoms with E-state index in [-0.39, 0.29) is 16.9 Å². The first-order valence-corrected chi connectivity index (χ1v) is 14.1. The first kappa shape index (κ1) is 27.2. The minimum atomic E-state index is -0.744. The molecule has 0 radical (unpaired) electrons. The Balaban J connectivity index is 1.64. The Hall–Kier alpha value is -3.33. The smallest absolute Gasteiger partial charge is 0.262 e. The van der Waals surface area contributed by atoms with Gasteiger partial charge in [0, 0.05) is 48.4 Å². The van der Waals surface area contributed by atoms with Crippen LogP contribution in [0.2, 0.25) is 0 Å². The second kappa shape index (κ2) is 10.7. The van der Waals surface area contributed by atoms with E-state index in [2.05, 4.69) is 51.0 Å². The highest BCUT2D eigenvalue weighted by molar-refractivity contribution is 7.15. The van der Waals surface area contributed by atoms with E-state index in [9.17, 15) is 14.3 Å². The van der Waals surface area contributed by atoms with Gasteiger partial charge in [-0.2, -0.15) is 0 Å². The Labute approximate surface area is 233 Å². The number of nitrogens with zero attached hydrogens (tertiary/aromatic N) is 4. The number of phenols is 1. The number of phenolic OH excluding ortho intramolecular Hbond substituents is 1. The first-order valence-electron chi connectivity index (χ1n) is 13.3. The zero-order chi connectivity index (χ0) is 28.0. The van der Waals surface area contributed by atoms with Crippen LogP contribution in [0.25, 0.3) is 21.8 Å². The van der Waals surface area contributed by atoms with Crippen LogP contribution in [0.1, 0.15) is 41.5 Å². The third-order valence-corrected chi connectivity index (χ3v) is 9.41. The topological polar surface area (TPSA) is 61.6 Å². The number of thiophene rings is 1. The molecule has 0 amide bonds. The van der Waals surface area contributed by atoms with E-state index < -0.39 is 11.6 Å². The van der Waals surface area contributed by atoms with Crippen molar-refractivity contribution in [2.75, 3.05) is 14.1 Å². The summed E-state index contributed by atoms with van der Waals surface area (Å²) in [4.78, 5) is 21.1. The number of halogens is 1. The molecule has 0 saturated carbocycles. The summed E-state index contributed by atoms with van der Waals surface area (Å²) in [6.45, 7) is 8.76. The van der Waals surface area contributed by atoms with Crippen LogP contribution in [-0.2, 0) is 13.0 Å². The maximum Gasteiger partial charge on any atom is 0.262 e. The Morgan fingerprint density at radius 3 is 2.33 bits per heavy atom. The largest absolute Gasteiger partial charge is 0.504 e. The molecule has 5 rings (SSSR count). The first-order chi connectivity index (χ1) is 18.6. The van der Waals surface area contributed by atoms with Gasteiger partial charge in [0.05, 0.1) is 16.8 Å². The van der Waals surface area contributed by atoms with Crippen LogP contribution in [0.5, 0.6) is 5.75 Å². The molecule has 2 aromatic carbocycles. The summed E-state index contributed by atoms with van der Waals surface area (Å²) in [6, 6.07) is 17.0. The fourth-order valence-electron chi connectivity index (χ4n) is 5.85. The molecule has 1 aliphatic heterocycles. The van der Waals surface area contributed by atoms with Gasteiger partial charge in [0.1, 0.15) is 5.82 Å². The van der Waals surface area contributed by atoms with E-state index in [0.717, 1.165) is 10.4 Å². The molecule has 1 N–H and O–H groups in total. The monoisotopic (exact) mass is 546 g/mol. The molecule has 4 aromatic rings. The molecule has 1 fully saturated rings. The summed E-state index contributed by atoms with van der Waals surface area (Å²) in [5, 5.41) is 15.1. The molecule has 0 spiro atoms. The fraction of sp³-hybridized carbons (Fsp3) is 0.355. The van der Waals surface area contributed by atoms with Gasteiger partial charge in [0.15, 0.2) is 11.6 Å². The Bertz CT molecular complexity index is 1550. The maximum atomic E-state index is 14.3. The van der Waals surface area contributed by atoms with Gasteiger partial charge in [0.25, 0.3) is 5.56 Å². The Kier molecular flexibility index (Phi) is 7.46. The summed E-state index contributed by atoms with van der Waals surface area (Å²) < 4.78 is 15.9. The van der Waals surface area contributed by atoms with E-state index in [1.165, 1.54) is 22.6 Å². The summed E-state index contributed by atoms with van der Waals surface area (Å²) in [7, 11) is 4.23. The van der Waals surface area contributed by atoms with Gasteiger partial charge in [-0.1, -0.05) is 36.4 Å². The van der Waals surface area contributed by atoms with Crippen LogP contribution in [0.4, 0.5) is 4.39 Å². The number of hydrogen-bond acceptors (Lipinski definition) is 6. The number of likely N-dealkylation sites (N-methyl/N-ethyl adjacent to an activating group) is 2. The SMILES string of the molecule is Cc1nc(-c2cccc(F)c2O)n(CCc2ccccc2)c(=O)c1-c1cc(C2C(C)N(C)N(C)C2C)c(C)s1. The second-order valence-corrected chi connectivity index (χ2v) is 11.8. The van der Waals surface area contributed by atoms with Crippen LogP contribution in [0, 0.1) is 19.7 Å². The van der Waals surface area contributed by atoms with E-state index in [0.29, 0.717) is 42.2 Å². The molecule has 1 saturated heterocycles. The molecule has 0 bridgehead atoms. The lowest BCUT2D eigenvalue weighted by atomic mass is 9.88. The lowest BCUT2D eigenvalue weighted by Gasteiger charge is -2.24. The van der Waals surface area contributed by atoms with Crippen molar-refractivity contribution in [1.29, 1.82) is 0 Å². The van der Waals surface area contributed by atoms with Crippen molar-refractivity contribution in [3.05, 3.63) is 92.5 Å². The predicted molar refractivity (Wildman–Crippen MR) is 156 cm³/mol. The molecule has 2 atom stereocenters. The van der Waals surface area contributed by atoms with Crippen LogP contribution in [0.15, 0.2) is 59.4 Å². The van der Waals surface area contributed by atoms with Gasteiger partial charge in [-0.15, -0.1) is 11.3 Å². The Morgan fingerprint density at radius 2 is 1.67 bits per heavy atom. The van der Waals surface area contributed by atoms with Gasteiger partial charge >= 0.3 is 0 Å². The quantitative estimate of drug-likeness (QED) is 0.322. The van der Waals surface area contributed by atoms with Crippen molar-refractivity contribution in [2.24, 2.45) is 0 Å².